The first-order chi connectivity index (χ1) is 9.06. The zero-order chi connectivity index (χ0) is 13.8. The van der Waals surface area contributed by atoms with Gasteiger partial charge in [-0.3, -0.25) is 4.79 Å². The minimum atomic E-state index is -0.807. The minimum absolute atomic E-state index is 0.0774. The molecule has 19 heavy (non-hydrogen) atoms. The maximum atomic E-state index is 10.8. The van der Waals surface area contributed by atoms with E-state index in [9.17, 15) is 4.79 Å². The van der Waals surface area contributed by atoms with Gasteiger partial charge in [-0.1, -0.05) is 6.92 Å². The highest BCUT2D eigenvalue weighted by Crippen LogP contribution is 2.25. The molecule has 2 rings (SSSR count). The molecule has 0 bridgehead atoms. The minimum Gasteiger partial charge on any atom is -0.481 e. The lowest BCUT2D eigenvalue weighted by Gasteiger charge is -2.29. The normalized spacial score (nSPS) is 22.1. The van der Waals surface area contributed by atoms with E-state index in [2.05, 4.69) is 21.9 Å². The van der Waals surface area contributed by atoms with E-state index in [-0.39, 0.29) is 12.3 Å². The van der Waals surface area contributed by atoms with Crippen molar-refractivity contribution < 1.29 is 9.90 Å². The van der Waals surface area contributed by atoms with Crippen molar-refractivity contribution in [3.8, 4) is 0 Å². The highest BCUT2D eigenvalue weighted by atomic mass is 16.4. The quantitative estimate of drug-likeness (QED) is 0.898. The number of carboxylic acids is 1. The van der Waals surface area contributed by atoms with Crippen molar-refractivity contribution in [2.45, 2.75) is 38.0 Å². The van der Waals surface area contributed by atoms with Crippen LogP contribution in [0.25, 0.3) is 0 Å². The van der Waals surface area contributed by atoms with Gasteiger partial charge in [-0.05, 0) is 32.5 Å². The molecule has 2 heterocycles. The fraction of sp³-hybridized carbons (Fsp3) is 0.643. The van der Waals surface area contributed by atoms with Crippen LogP contribution in [0, 0.1) is 0 Å². The number of likely N-dealkylation sites (tertiary alicyclic amines) is 1. The van der Waals surface area contributed by atoms with Crippen molar-refractivity contribution in [3.63, 3.8) is 0 Å². The van der Waals surface area contributed by atoms with Crippen LogP contribution in [0.15, 0.2) is 12.3 Å². The summed E-state index contributed by atoms with van der Waals surface area (Å²) in [5.74, 6) is 0.142. The van der Waals surface area contributed by atoms with Gasteiger partial charge in [-0.2, -0.15) is 0 Å². The summed E-state index contributed by atoms with van der Waals surface area (Å²) < 4.78 is 0. The van der Waals surface area contributed by atoms with Gasteiger partial charge in [-0.25, -0.2) is 9.97 Å². The van der Waals surface area contributed by atoms with Crippen LogP contribution in [0.3, 0.4) is 0 Å². The Balaban J connectivity index is 2.12. The Morgan fingerprint density at radius 3 is 3.11 bits per heavy atom. The molecule has 0 aromatic carbocycles. The molecule has 0 spiro atoms. The van der Waals surface area contributed by atoms with Crippen LogP contribution in [0.4, 0.5) is 0 Å². The summed E-state index contributed by atoms with van der Waals surface area (Å²) in [6, 6.07) is 1.96. The zero-order valence-electron chi connectivity index (χ0n) is 11.5. The van der Waals surface area contributed by atoms with Crippen molar-refractivity contribution in [2.75, 3.05) is 20.1 Å². The van der Waals surface area contributed by atoms with Gasteiger partial charge in [0, 0.05) is 30.3 Å². The van der Waals surface area contributed by atoms with E-state index < -0.39 is 5.97 Å². The molecule has 1 aromatic heterocycles. The third kappa shape index (κ3) is 3.73. The molecule has 2 unspecified atom stereocenters. The van der Waals surface area contributed by atoms with Gasteiger partial charge in [-0.15, -0.1) is 0 Å². The summed E-state index contributed by atoms with van der Waals surface area (Å²) in [5.41, 5.74) is 1.05. The summed E-state index contributed by atoms with van der Waals surface area (Å²) in [5, 5.41) is 8.84. The average molecular weight is 263 g/mol. The molecule has 5 heteroatoms. The number of carbonyl (C=O) groups is 1. The van der Waals surface area contributed by atoms with Crippen molar-refractivity contribution in [1.82, 2.24) is 14.9 Å². The van der Waals surface area contributed by atoms with Crippen LogP contribution in [-0.4, -0.2) is 46.1 Å². The number of hydrogen-bond donors (Lipinski definition) is 1. The number of nitrogens with zero attached hydrogens (tertiary/aromatic N) is 3. The van der Waals surface area contributed by atoms with Gasteiger partial charge in [0.25, 0.3) is 0 Å². The van der Waals surface area contributed by atoms with E-state index in [4.69, 9.17) is 5.11 Å². The largest absolute Gasteiger partial charge is 0.481 e. The Hall–Kier alpha value is -1.49. The molecule has 1 aromatic rings. The first-order valence-corrected chi connectivity index (χ1v) is 6.79. The van der Waals surface area contributed by atoms with Gasteiger partial charge in [0.05, 0.1) is 6.42 Å². The van der Waals surface area contributed by atoms with Gasteiger partial charge >= 0.3 is 5.97 Å². The molecule has 0 radical (unpaired) electrons. The van der Waals surface area contributed by atoms with Gasteiger partial charge in [0.2, 0.25) is 0 Å². The third-order valence-electron chi connectivity index (χ3n) is 3.66. The first-order valence-electron chi connectivity index (χ1n) is 6.79. The second-order valence-electron chi connectivity index (χ2n) is 5.44. The van der Waals surface area contributed by atoms with E-state index in [0.29, 0.717) is 11.7 Å². The number of aliphatic carboxylic acids is 1. The van der Waals surface area contributed by atoms with Gasteiger partial charge < -0.3 is 10.0 Å². The van der Waals surface area contributed by atoms with E-state index in [1.165, 1.54) is 6.42 Å². The van der Waals surface area contributed by atoms with Crippen molar-refractivity contribution in [3.05, 3.63) is 23.8 Å². The second kappa shape index (κ2) is 6.10. The number of likely N-dealkylation sites (N-methyl/N-ethyl adjacent to an activating group) is 1. The topological polar surface area (TPSA) is 66.3 Å². The Kier molecular flexibility index (Phi) is 4.47. The lowest BCUT2D eigenvalue weighted by atomic mass is 9.94. The maximum Gasteiger partial charge on any atom is 0.304 e. The molecule has 1 aliphatic heterocycles. The molecule has 1 saturated heterocycles. The zero-order valence-corrected chi connectivity index (χ0v) is 11.5. The maximum absolute atomic E-state index is 10.8. The van der Waals surface area contributed by atoms with E-state index in [1.807, 2.05) is 13.0 Å². The van der Waals surface area contributed by atoms with Crippen LogP contribution in [0.2, 0.25) is 0 Å². The number of aromatic nitrogens is 2. The predicted octanol–water partition coefficient (Wildman–Crippen LogP) is 1.86. The van der Waals surface area contributed by atoms with E-state index in [1.54, 1.807) is 6.20 Å². The van der Waals surface area contributed by atoms with Crippen molar-refractivity contribution >= 4 is 5.97 Å². The average Bonchev–Trinajstić information content (AvgIpc) is 2.38. The number of hydrogen-bond acceptors (Lipinski definition) is 4. The van der Waals surface area contributed by atoms with Gasteiger partial charge in [0.15, 0.2) is 0 Å². The highest BCUT2D eigenvalue weighted by Gasteiger charge is 2.21. The monoisotopic (exact) mass is 263 g/mol. The first kappa shape index (κ1) is 13.9. The molecule has 1 fully saturated rings. The molecule has 104 valence electrons. The lowest BCUT2D eigenvalue weighted by Crippen LogP contribution is -2.31. The number of piperidine rings is 1. The van der Waals surface area contributed by atoms with Crippen LogP contribution in [-0.2, 0) is 4.79 Å². The third-order valence-corrected chi connectivity index (χ3v) is 3.66. The second-order valence-corrected chi connectivity index (χ2v) is 5.44. The lowest BCUT2D eigenvalue weighted by molar-refractivity contribution is -0.137. The molecule has 0 saturated carbocycles. The molecule has 1 N–H and O–H groups in total. The van der Waals surface area contributed by atoms with Crippen LogP contribution >= 0.6 is 0 Å². The molecular formula is C14H21N3O2. The fourth-order valence-electron chi connectivity index (χ4n) is 2.61. The van der Waals surface area contributed by atoms with E-state index >= 15 is 0 Å². The number of rotatable bonds is 4. The molecular weight excluding hydrogens is 242 g/mol. The van der Waals surface area contributed by atoms with E-state index in [0.717, 1.165) is 25.2 Å². The van der Waals surface area contributed by atoms with Crippen LogP contribution < -0.4 is 0 Å². The summed E-state index contributed by atoms with van der Waals surface area (Å²) in [6.45, 7) is 4.02. The molecule has 0 amide bonds. The molecule has 1 aliphatic rings. The molecule has 2 atom stereocenters. The highest BCUT2D eigenvalue weighted by molar-refractivity contribution is 5.67. The van der Waals surface area contributed by atoms with Crippen LogP contribution in [0.1, 0.15) is 49.5 Å². The van der Waals surface area contributed by atoms with Crippen LogP contribution in [0.5, 0.6) is 0 Å². The summed E-state index contributed by atoms with van der Waals surface area (Å²) in [7, 11) is 2.13. The predicted molar refractivity (Wildman–Crippen MR) is 72.2 cm³/mol. The van der Waals surface area contributed by atoms with Crippen molar-refractivity contribution in [2.24, 2.45) is 0 Å². The Morgan fingerprint density at radius 2 is 2.42 bits per heavy atom. The Morgan fingerprint density at radius 1 is 1.63 bits per heavy atom. The summed E-state index contributed by atoms with van der Waals surface area (Å²) in [6.07, 6.45) is 4.16. The SMILES string of the molecule is CC(CC(=O)O)c1nccc(C2CCCN(C)C2)n1. The number of carboxylic acid groups (broad SMARTS) is 1. The van der Waals surface area contributed by atoms with Gasteiger partial charge in [0.1, 0.15) is 5.82 Å². The standard InChI is InChI=1S/C14H21N3O2/c1-10(8-13(18)19)14-15-6-5-12(16-14)11-4-3-7-17(2)9-11/h5-6,10-11H,3-4,7-9H2,1-2H3,(H,18,19). The molecule has 5 nitrogen and oxygen atoms in total. The fourth-order valence-corrected chi connectivity index (χ4v) is 2.61. The Labute approximate surface area is 113 Å². The van der Waals surface area contributed by atoms with Crippen molar-refractivity contribution in [1.29, 1.82) is 0 Å². The summed E-state index contributed by atoms with van der Waals surface area (Å²) in [4.78, 5) is 21.9. The molecule has 0 aliphatic carbocycles. The Bertz CT molecular complexity index is 450. The smallest absolute Gasteiger partial charge is 0.304 e. The summed E-state index contributed by atoms with van der Waals surface area (Å²) >= 11 is 0.